The average molecular weight is 356 g/mol. The Kier molecular flexibility index (Phi) is 3.94. The quantitative estimate of drug-likeness (QED) is 0.685. The van der Waals surface area contributed by atoms with Crippen LogP contribution in [0.15, 0.2) is 18.5 Å². The minimum atomic E-state index is 0.163. The van der Waals surface area contributed by atoms with E-state index < -0.39 is 0 Å². The molecule has 1 aliphatic rings. The van der Waals surface area contributed by atoms with Crippen molar-refractivity contribution in [1.82, 2.24) is 34.5 Å². The molecule has 0 unspecified atom stereocenters. The molecular formula is C16H20N8O2. The first-order chi connectivity index (χ1) is 12.6. The molecule has 0 aliphatic carbocycles. The number of ether oxygens (including phenoxy) is 2. The highest BCUT2D eigenvalue weighted by Crippen LogP contribution is 2.30. The summed E-state index contributed by atoms with van der Waals surface area (Å²) in [6.45, 7) is 3.47. The highest BCUT2D eigenvalue weighted by Gasteiger charge is 2.28. The monoisotopic (exact) mass is 356 g/mol. The van der Waals surface area contributed by atoms with Crippen molar-refractivity contribution in [3.63, 3.8) is 0 Å². The molecule has 0 radical (unpaired) electrons. The summed E-state index contributed by atoms with van der Waals surface area (Å²) in [5.74, 6) is 2.90. The van der Waals surface area contributed by atoms with Gasteiger partial charge in [-0.2, -0.15) is 15.1 Å². The van der Waals surface area contributed by atoms with E-state index in [4.69, 9.17) is 9.47 Å². The Morgan fingerprint density at radius 3 is 2.69 bits per heavy atom. The van der Waals surface area contributed by atoms with E-state index in [0.717, 1.165) is 29.6 Å². The molecule has 0 N–H and O–H groups in total. The van der Waals surface area contributed by atoms with Crippen molar-refractivity contribution in [1.29, 1.82) is 0 Å². The Labute approximate surface area is 150 Å². The molecule has 10 nitrogen and oxygen atoms in total. The summed E-state index contributed by atoms with van der Waals surface area (Å²) in [5.41, 5.74) is 0.955. The Morgan fingerprint density at radius 1 is 1.15 bits per heavy atom. The van der Waals surface area contributed by atoms with Crippen LogP contribution in [0.4, 0.5) is 5.82 Å². The highest BCUT2D eigenvalue weighted by atomic mass is 16.5. The third-order valence-electron chi connectivity index (χ3n) is 4.37. The summed E-state index contributed by atoms with van der Waals surface area (Å²) < 4.78 is 14.3. The first-order valence-corrected chi connectivity index (χ1v) is 8.24. The molecule has 3 aromatic rings. The number of fused-ring (bicyclic) bond motifs is 1. The minimum Gasteiger partial charge on any atom is -0.481 e. The van der Waals surface area contributed by atoms with Gasteiger partial charge in [0.15, 0.2) is 11.6 Å². The zero-order valence-electron chi connectivity index (χ0n) is 15.1. The Bertz CT molecular complexity index is 912. The molecule has 0 aromatic carbocycles. The second-order valence-corrected chi connectivity index (χ2v) is 6.20. The maximum atomic E-state index is 5.25. The van der Waals surface area contributed by atoms with Crippen molar-refractivity contribution < 1.29 is 9.47 Å². The number of rotatable bonds is 4. The lowest BCUT2D eigenvalue weighted by molar-refractivity contribution is 0.351. The number of nitrogens with zero attached hydrogens (tertiary/aromatic N) is 8. The standard InChI is InChI=1S/C16H20N8O2/c1-10-7-23(12-5-14(25-3)19-16(18-12)26-4)9-13-20-21-15(24(10)13)11-6-17-22(2)8-11/h5-6,8,10H,7,9H2,1-4H3/t10-/m0/s1. The Balaban J connectivity index is 1.68. The molecule has 0 saturated heterocycles. The van der Waals surface area contributed by atoms with Crippen LogP contribution in [0.5, 0.6) is 11.9 Å². The van der Waals surface area contributed by atoms with Gasteiger partial charge in [0.05, 0.1) is 38.6 Å². The Hall–Kier alpha value is -3.17. The molecular weight excluding hydrogens is 336 g/mol. The normalized spacial score (nSPS) is 16.5. The first-order valence-electron chi connectivity index (χ1n) is 8.24. The van der Waals surface area contributed by atoms with Crippen LogP contribution in [-0.4, -0.2) is 55.3 Å². The number of hydrogen-bond donors (Lipinski definition) is 0. The topological polar surface area (TPSA) is 96.0 Å². The fraction of sp³-hybridized carbons (Fsp3) is 0.438. The number of methoxy groups -OCH3 is 2. The first kappa shape index (κ1) is 16.3. The second kappa shape index (κ2) is 6.28. The van der Waals surface area contributed by atoms with Crippen molar-refractivity contribution in [3.8, 4) is 23.3 Å². The fourth-order valence-electron chi connectivity index (χ4n) is 3.19. The van der Waals surface area contributed by atoms with Crippen LogP contribution in [-0.2, 0) is 13.6 Å². The van der Waals surface area contributed by atoms with Gasteiger partial charge in [-0.25, -0.2) is 0 Å². The summed E-state index contributed by atoms with van der Waals surface area (Å²) in [6.07, 6.45) is 3.74. The van der Waals surface area contributed by atoms with E-state index in [0.29, 0.717) is 12.4 Å². The van der Waals surface area contributed by atoms with Crippen molar-refractivity contribution in [2.75, 3.05) is 25.7 Å². The second-order valence-electron chi connectivity index (χ2n) is 6.20. The lowest BCUT2D eigenvalue weighted by Gasteiger charge is -2.33. The molecule has 0 saturated carbocycles. The van der Waals surface area contributed by atoms with Crippen LogP contribution in [0.2, 0.25) is 0 Å². The lowest BCUT2D eigenvalue weighted by Crippen LogP contribution is -2.37. The highest BCUT2D eigenvalue weighted by molar-refractivity contribution is 5.54. The van der Waals surface area contributed by atoms with E-state index in [9.17, 15) is 0 Å². The zero-order chi connectivity index (χ0) is 18.3. The summed E-state index contributed by atoms with van der Waals surface area (Å²) in [7, 11) is 4.99. The van der Waals surface area contributed by atoms with Gasteiger partial charge in [-0.1, -0.05) is 0 Å². The van der Waals surface area contributed by atoms with Gasteiger partial charge in [-0.15, -0.1) is 10.2 Å². The van der Waals surface area contributed by atoms with Crippen molar-refractivity contribution in [2.24, 2.45) is 7.05 Å². The number of anilines is 1. The van der Waals surface area contributed by atoms with E-state index in [1.165, 1.54) is 7.11 Å². The van der Waals surface area contributed by atoms with Crippen LogP contribution in [0.3, 0.4) is 0 Å². The largest absolute Gasteiger partial charge is 0.481 e. The van der Waals surface area contributed by atoms with Gasteiger partial charge in [0.2, 0.25) is 5.88 Å². The molecule has 1 aliphatic heterocycles. The molecule has 1 atom stereocenters. The van der Waals surface area contributed by atoms with Crippen molar-refractivity contribution >= 4 is 5.82 Å². The van der Waals surface area contributed by atoms with Gasteiger partial charge in [-0.05, 0) is 6.92 Å². The van der Waals surface area contributed by atoms with Crippen LogP contribution < -0.4 is 14.4 Å². The molecule has 0 amide bonds. The number of hydrogen-bond acceptors (Lipinski definition) is 8. The Morgan fingerprint density at radius 2 is 2.00 bits per heavy atom. The zero-order valence-corrected chi connectivity index (χ0v) is 15.1. The van der Waals surface area contributed by atoms with E-state index in [1.807, 2.05) is 13.2 Å². The van der Waals surface area contributed by atoms with Gasteiger partial charge in [-0.3, -0.25) is 4.68 Å². The predicted octanol–water partition coefficient (Wildman–Crippen LogP) is 1.07. The summed E-state index contributed by atoms with van der Waals surface area (Å²) >= 11 is 0. The van der Waals surface area contributed by atoms with E-state index in [1.54, 1.807) is 24.1 Å². The van der Waals surface area contributed by atoms with Crippen LogP contribution >= 0.6 is 0 Å². The summed E-state index contributed by atoms with van der Waals surface area (Å²) in [5, 5.41) is 13.0. The average Bonchev–Trinajstić information content (AvgIpc) is 3.27. The molecule has 3 aromatic heterocycles. The molecule has 26 heavy (non-hydrogen) atoms. The van der Waals surface area contributed by atoms with E-state index in [2.05, 4.69) is 41.7 Å². The fourth-order valence-corrected chi connectivity index (χ4v) is 3.19. The molecule has 4 rings (SSSR count). The summed E-state index contributed by atoms with van der Waals surface area (Å²) in [6, 6.07) is 2.23. The third-order valence-corrected chi connectivity index (χ3v) is 4.37. The van der Waals surface area contributed by atoms with Crippen LogP contribution in [0.1, 0.15) is 18.8 Å². The summed E-state index contributed by atoms with van der Waals surface area (Å²) in [4.78, 5) is 10.7. The van der Waals surface area contributed by atoms with Gasteiger partial charge in [0.25, 0.3) is 0 Å². The molecule has 4 heterocycles. The van der Waals surface area contributed by atoms with Gasteiger partial charge in [0.1, 0.15) is 5.82 Å². The van der Waals surface area contributed by atoms with Crippen molar-refractivity contribution in [3.05, 3.63) is 24.3 Å². The van der Waals surface area contributed by atoms with Gasteiger partial charge < -0.3 is 18.9 Å². The smallest absolute Gasteiger partial charge is 0.321 e. The van der Waals surface area contributed by atoms with Crippen LogP contribution in [0, 0.1) is 0 Å². The molecule has 0 spiro atoms. The molecule has 136 valence electrons. The third kappa shape index (κ3) is 2.72. The maximum absolute atomic E-state index is 5.25. The lowest BCUT2D eigenvalue weighted by atomic mass is 10.2. The number of aromatic nitrogens is 7. The van der Waals surface area contributed by atoms with Gasteiger partial charge >= 0.3 is 6.01 Å². The molecule has 10 heteroatoms. The van der Waals surface area contributed by atoms with Gasteiger partial charge in [0, 0.05) is 25.9 Å². The van der Waals surface area contributed by atoms with E-state index in [-0.39, 0.29) is 12.1 Å². The molecule has 0 fully saturated rings. The SMILES string of the molecule is COc1cc(N2Cc3nnc(-c4cnn(C)c4)n3[C@@H](C)C2)nc(OC)n1. The van der Waals surface area contributed by atoms with Crippen LogP contribution in [0.25, 0.3) is 11.4 Å². The number of aryl methyl sites for hydroxylation is 1. The maximum Gasteiger partial charge on any atom is 0.321 e. The van der Waals surface area contributed by atoms with E-state index >= 15 is 0 Å². The minimum absolute atomic E-state index is 0.163. The predicted molar refractivity (Wildman–Crippen MR) is 93.1 cm³/mol. The van der Waals surface area contributed by atoms with Crippen molar-refractivity contribution in [2.45, 2.75) is 19.5 Å². The molecule has 0 bridgehead atoms.